The molecule has 1 aliphatic rings. The molecule has 1 N–H and O–H groups in total. The first-order chi connectivity index (χ1) is 15.2. The maximum Gasteiger partial charge on any atom is 0.255 e. The molecule has 0 radical (unpaired) electrons. The van der Waals surface area contributed by atoms with Gasteiger partial charge in [0.1, 0.15) is 0 Å². The Morgan fingerprint density at radius 3 is 2.90 bits per heavy atom. The Labute approximate surface area is 183 Å². The van der Waals surface area contributed by atoms with E-state index in [4.69, 9.17) is 14.5 Å². The number of nitrogens with one attached hydrogen (secondary N) is 1. The first kappa shape index (κ1) is 19.3. The van der Waals surface area contributed by atoms with E-state index >= 15 is 0 Å². The number of fused-ring (bicyclic) bond motifs is 1. The minimum Gasteiger partial charge on any atom is -0.454 e. The molecule has 1 aliphatic heterocycles. The van der Waals surface area contributed by atoms with Crippen molar-refractivity contribution in [2.45, 2.75) is 13.3 Å². The van der Waals surface area contributed by atoms with Crippen LogP contribution in [-0.4, -0.2) is 22.7 Å². The lowest BCUT2D eigenvalue weighted by Crippen LogP contribution is -2.12. The third kappa shape index (κ3) is 4.13. The maximum atomic E-state index is 12.7. The molecule has 0 aliphatic carbocycles. The van der Waals surface area contributed by atoms with Gasteiger partial charge >= 0.3 is 0 Å². The smallest absolute Gasteiger partial charge is 0.255 e. The summed E-state index contributed by atoms with van der Waals surface area (Å²) in [6.45, 7) is 2.25. The molecule has 3 heterocycles. The van der Waals surface area contributed by atoms with Gasteiger partial charge in [0.15, 0.2) is 11.5 Å². The number of aryl methyl sites for hydroxylation is 1. The van der Waals surface area contributed by atoms with E-state index < -0.39 is 0 Å². The molecule has 2 aromatic heterocycles. The van der Waals surface area contributed by atoms with Crippen molar-refractivity contribution in [3.8, 4) is 22.8 Å². The lowest BCUT2D eigenvalue weighted by atomic mass is 10.0. The van der Waals surface area contributed by atoms with Crippen molar-refractivity contribution in [2.75, 3.05) is 12.1 Å². The molecule has 0 atom stereocenters. The summed E-state index contributed by atoms with van der Waals surface area (Å²) in [6.07, 6.45) is 4.27. The second kappa shape index (κ2) is 8.20. The minimum absolute atomic E-state index is 0.182. The number of benzene rings is 2. The van der Waals surface area contributed by atoms with Crippen molar-refractivity contribution in [3.63, 3.8) is 0 Å². The van der Waals surface area contributed by atoms with E-state index in [1.165, 1.54) is 0 Å². The number of amides is 1. The highest BCUT2D eigenvalue weighted by Gasteiger charge is 2.16. The molecule has 154 valence electrons. The van der Waals surface area contributed by atoms with Gasteiger partial charge in [0, 0.05) is 41.0 Å². The summed E-state index contributed by atoms with van der Waals surface area (Å²) >= 11 is 1.62. The molecule has 0 fully saturated rings. The Hall–Kier alpha value is -3.71. The number of pyridine rings is 1. The molecule has 2 aromatic carbocycles. The first-order valence-electron chi connectivity index (χ1n) is 9.81. The molecule has 4 aromatic rings. The predicted molar refractivity (Wildman–Crippen MR) is 120 cm³/mol. The highest BCUT2D eigenvalue weighted by Crippen LogP contribution is 2.33. The van der Waals surface area contributed by atoms with Crippen LogP contribution in [-0.2, 0) is 6.42 Å². The summed E-state index contributed by atoms with van der Waals surface area (Å²) < 4.78 is 10.7. The average Bonchev–Trinajstić information content (AvgIpc) is 3.45. The van der Waals surface area contributed by atoms with Crippen LogP contribution in [0.5, 0.6) is 11.5 Å². The van der Waals surface area contributed by atoms with E-state index in [1.54, 1.807) is 35.7 Å². The number of hydrogen-bond acceptors (Lipinski definition) is 6. The van der Waals surface area contributed by atoms with Crippen molar-refractivity contribution >= 4 is 22.9 Å². The number of hydrogen-bond donors (Lipinski definition) is 1. The summed E-state index contributed by atoms with van der Waals surface area (Å²) in [6, 6.07) is 15.0. The van der Waals surface area contributed by atoms with E-state index in [0.29, 0.717) is 23.5 Å². The largest absolute Gasteiger partial charge is 0.454 e. The monoisotopic (exact) mass is 429 g/mol. The van der Waals surface area contributed by atoms with Crippen LogP contribution in [0.15, 0.2) is 66.3 Å². The summed E-state index contributed by atoms with van der Waals surface area (Å²) in [4.78, 5) is 21.6. The van der Waals surface area contributed by atoms with Crippen molar-refractivity contribution in [2.24, 2.45) is 0 Å². The van der Waals surface area contributed by atoms with E-state index in [1.807, 2.05) is 41.9 Å². The highest BCUT2D eigenvalue weighted by atomic mass is 32.1. The standard InChI is InChI=1S/C24H19N3O3S/c1-15-4-6-19(26-24(28)16-5-7-21-22(10-16)30-14-29-21)9-18(15)11-23-27-20(13-31-23)17-3-2-8-25-12-17/h2-10,12-13H,11,14H2,1H3,(H,26,28). The van der Waals surface area contributed by atoms with Gasteiger partial charge in [0.05, 0.1) is 10.7 Å². The molecule has 1 amide bonds. The zero-order chi connectivity index (χ0) is 21.2. The number of thiazole rings is 1. The van der Waals surface area contributed by atoms with Crippen LogP contribution in [0.25, 0.3) is 11.3 Å². The second-order valence-electron chi connectivity index (χ2n) is 7.21. The van der Waals surface area contributed by atoms with Gasteiger partial charge < -0.3 is 14.8 Å². The quantitative estimate of drug-likeness (QED) is 0.479. The fourth-order valence-electron chi connectivity index (χ4n) is 3.38. The maximum absolute atomic E-state index is 12.7. The van der Waals surface area contributed by atoms with Crippen LogP contribution < -0.4 is 14.8 Å². The fraction of sp³-hybridized carbons (Fsp3) is 0.125. The summed E-state index contributed by atoms with van der Waals surface area (Å²) in [5.41, 5.74) is 5.47. The SMILES string of the molecule is Cc1ccc(NC(=O)c2ccc3c(c2)OCO3)cc1Cc1nc(-c2cccnc2)cs1. The predicted octanol–water partition coefficient (Wildman–Crippen LogP) is 5.09. The molecule has 6 nitrogen and oxygen atoms in total. The third-order valence-electron chi connectivity index (χ3n) is 5.09. The Morgan fingerprint density at radius 2 is 2.03 bits per heavy atom. The van der Waals surface area contributed by atoms with Gasteiger partial charge in [0.25, 0.3) is 5.91 Å². The zero-order valence-electron chi connectivity index (χ0n) is 16.8. The van der Waals surface area contributed by atoms with Crippen molar-refractivity contribution < 1.29 is 14.3 Å². The first-order valence-corrected chi connectivity index (χ1v) is 10.7. The molecular formula is C24H19N3O3S. The Bertz CT molecular complexity index is 1250. The number of ether oxygens (including phenoxy) is 2. The van der Waals surface area contributed by atoms with Crippen LogP contribution >= 0.6 is 11.3 Å². The van der Waals surface area contributed by atoms with Crippen molar-refractivity contribution in [3.05, 3.63) is 88.0 Å². The molecule has 5 rings (SSSR count). The zero-order valence-corrected chi connectivity index (χ0v) is 17.6. The number of nitrogens with zero attached hydrogens (tertiary/aromatic N) is 2. The van der Waals surface area contributed by atoms with Crippen molar-refractivity contribution in [1.29, 1.82) is 0 Å². The van der Waals surface area contributed by atoms with Crippen LogP contribution in [0.1, 0.15) is 26.5 Å². The van der Waals surface area contributed by atoms with E-state index in [9.17, 15) is 4.79 Å². The molecule has 0 saturated heterocycles. The van der Waals surface area contributed by atoms with E-state index in [0.717, 1.165) is 33.1 Å². The lowest BCUT2D eigenvalue weighted by Gasteiger charge is -2.10. The van der Waals surface area contributed by atoms with Gasteiger partial charge in [-0.15, -0.1) is 11.3 Å². The number of carbonyl (C=O) groups excluding carboxylic acids is 1. The molecule has 0 unspecified atom stereocenters. The van der Waals surface area contributed by atoms with Crippen molar-refractivity contribution in [1.82, 2.24) is 9.97 Å². The molecule has 0 spiro atoms. The van der Waals surface area contributed by atoms with Crippen LogP contribution in [0, 0.1) is 6.92 Å². The summed E-state index contributed by atoms with van der Waals surface area (Å²) in [5, 5.41) is 6.04. The highest BCUT2D eigenvalue weighted by molar-refractivity contribution is 7.10. The minimum atomic E-state index is -0.193. The van der Waals surface area contributed by atoms with Gasteiger partial charge in [-0.25, -0.2) is 4.98 Å². The molecule has 7 heteroatoms. The molecular weight excluding hydrogens is 410 g/mol. The Kier molecular flexibility index (Phi) is 5.09. The van der Waals surface area contributed by atoms with E-state index in [2.05, 4.69) is 17.2 Å². The average molecular weight is 430 g/mol. The molecule has 0 bridgehead atoms. The Morgan fingerprint density at radius 1 is 1.13 bits per heavy atom. The second-order valence-corrected chi connectivity index (χ2v) is 8.15. The van der Waals surface area contributed by atoms with Gasteiger partial charge in [-0.3, -0.25) is 9.78 Å². The molecule has 0 saturated carbocycles. The van der Waals surface area contributed by atoms with Crippen LogP contribution in [0.2, 0.25) is 0 Å². The van der Waals surface area contributed by atoms with Gasteiger partial charge in [-0.2, -0.15) is 0 Å². The fourth-order valence-corrected chi connectivity index (χ4v) is 4.21. The van der Waals surface area contributed by atoms with Gasteiger partial charge in [0.2, 0.25) is 6.79 Å². The van der Waals surface area contributed by atoms with Crippen LogP contribution in [0.3, 0.4) is 0 Å². The normalized spacial score (nSPS) is 12.0. The number of carbonyl (C=O) groups is 1. The molecule has 31 heavy (non-hydrogen) atoms. The van der Waals surface area contributed by atoms with Crippen LogP contribution in [0.4, 0.5) is 5.69 Å². The summed E-state index contributed by atoms with van der Waals surface area (Å²) in [5.74, 6) is 1.05. The number of rotatable bonds is 5. The lowest BCUT2D eigenvalue weighted by molar-refractivity contribution is 0.102. The van der Waals surface area contributed by atoms with Gasteiger partial charge in [-0.1, -0.05) is 6.07 Å². The van der Waals surface area contributed by atoms with Gasteiger partial charge in [-0.05, 0) is 60.5 Å². The Balaban J connectivity index is 1.32. The number of anilines is 1. The summed E-state index contributed by atoms with van der Waals surface area (Å²) in [7, 11) is 0. The van der Waals surface area contributed by atoms with E-state index in [-0.39, 0.29) is 12.7 Å². The third-order valence-corrected chi connectivity index (χ3v) is 5.94. The topological polar surface area (TPSA) is 73.3 Å². The number of aromatic nitrogens is 2.